The van der Waals surface area contributed by atoms with E-state index >= 15 is 0 Å². The van der Waals surface area contributed by atoms with Gasteiger partial charge in [-0.2, -0.15) is 0 Å². The largest absolute Gasteiger partial charge is 0.396 e. The van der Waals surface area contributed by atoms with Crippen LogP contribution in [0.1, 0.15) is 25.0 Å². The van der Waals surface area contributed by atoms with Gasteiger partial charge >= 0.3 is 0 Å². The molecule has 0 aliphatic heterocycles. The Morgan fingerprint density at radius 1 is 1.36 bits per heavy atom. The summed E-state index contributed by atoms with van der Waals surface area (Å²) < 4.78 is 13.6. The van der Waals surface area contributed by atoms with E-state index in [4.69, 9.17) is 5.11 Å². The van der Waals surface area contributed by atoms with E-state index in [0.29, 0.717) is 17.5 Å². The van der Waals surface area contributed by atoms with Crippen molar-refractivity contribution in [2.45, 2.75) is 27.2 Å². The van der Waals surface area contributed by atoms with Crippen molar-refractivity contribution in [1.82, 2.24) is 0 Å². The third-order valence-electron chi connectivity index (χ3n) is 2.37. The van der Waals surface area contributed by atoms with Crippen LogP contribution in [0.4, 0.5) is 4.39 Å². The van der Waals surface area contributed by atoms with Gasteiger partial charge in [0, 0.05) is 6.61 Å². The summed E-state index contributed by atoms with van der Waals surface area (Å²) in [6.45, 7) is 5.68. The molecule has 0 amide bonds. The zero-order chi connectivity index (χ0) is 10.8. The van der Waals surface area contributed by atoms with Crippen molar-refractivity contribution in [3.8, 4) is 0 Å². The van der Waals surface area contributed by atoms with Crippen LogP contribution in [0.25, 0.3) is 0 Å². The molecule has 0 aliphatic carbocycles. The van der Waals surface area contributed by atoms with Crippen LogP contribution >= 0.6 is 0 Å². The number of rotatable bonds is 3. The lowest BCUT2D eigenvalue weighted by Gasteiger charge is -2.22. The van der Waals surface area contributed by atoms with Gasteiger partial charge in [-0.05, 0) is 29.9 Å². The molecule has 0 fully saturated rings. The second-order valence-corrected chi connectivity index (χ2v) is 4.55. The summed E-state index contributed by atoms with van der Waals surface area (Å²) in [6.07, 6.45) is 0.566. The molecular weight excluding hydrogens is 179 g/mol. The molecule has 0 saturated carbocycles. The first-order valence-electron chi connectivity index (χ1n) is 4.81. The number of aliphatic hydroxyl groups is 1. The number of aryl methyl sites for hydroxylation is 1. The molecule has 0 aromatic heterocycles. The highest BCUT2D eigenvalue weighted by molar-refractivity contribution is 5.25. The van der Waals surface area contributed by atoms with Gasteiger partial charge in [0.15, 0.2) is 0 Å². The fraction of sp³-hybridized carbons (Fsp3) is 0.500. The summed E-state index contributed by atoms with van der Waals surface area (Å²) >= 11 is 0. The molecule has 1 nitrogen and oxygen atoms in total. The summed E-state index contributed by atoms with van der Waals surface area (Å²) in [5, 5.41) is 9.09. The highest BCUT2D eigenvalue weighted by Gasteiger charge is 2.19. The van der Waals surface area contributed by atoms with E-state index in [1.165, 1.54) is 0 Å². The van der Waals surface area contributed by atoms with Gasteiger partial charge in [-0.15, -0.1) is 0 Å². The van der Waals surface area contributed by atoms with E-state index < -0.39 is 0 Å². The average Bonchev–Trinajstić information content (AvgIpc) is 2.13. The van der Waals surface area contributed by atoms with Gasteiger partial charge < -0.3 is 5.11 Å². The van der Waals surface area contributed by atoms with E-state index in [2.05, 4.69) is 0 Å². The molecule has 0 bridgehead atoms. The van der Waals surface area contributed by atoms with E-state index in [-0.39, 0.29) is 17.8 Å². The van der Waals surface area contributed by atoms with Gasteiger partial charge in [-0.25, -0.2) is 4.39 Å². The SMILES string of the molecule is Cc1cccc(CC(C)(C)CO)c1F. The minimum absolute atomic E-state index is 0.0698. The number of hydrogen-bond acceptors (Lipinski definition) is 1. The Morgan fingerprint density at radius 2 is 2.00 bits per heavy atom. The summed E-state index contributed by atoms with van der Waals surface area (Å²) in [5.74, 6) is -0.144. The van der Waals surface area contributed by atoms with Crippen molar-refractivity contribution in [1.29, 1.82) is 0 Å². The molecule has 0 spiro atoms. The molecular formula is C12H17FO. The molecule has 14 heavy (non-hydrogen) atoms. The summed E-state index contributed by atoms with van der Waals surface area (Å²) in [5.41, 5.74) is 1.09. The zero-order valence-electron chi connectivity index (χ0n) is 8.97. The first kappa shape index (κ1) is 11.2. The third-order valence-corrected chi connectivity index (χ3v) is 2.37. The second kappa shape index (κ2) is 4.09. The minimum Gasteiger partial charge on any atom is -0.396 e. The van der Waals surface area contributed by atoms with Gasteiger partial charge in [0.25, 0.3) is 0 Å². The van der Waals surface area contributed by atoms with E-state index in [9.17, 15) is 4.39 Å². The molecule has 0 saturated heterocycles. The predicted octanol–water partition coefficient (Wildman–Crippen LogP) is 2.70. The van der Waals surface area contributed by atoms with Crippen molar-refractivity contribution in [2.24, 2.45) is 5.41 Å². The van der Waals surface area contributed by atoms with Crippen molar-refractivity contribution >= 4 is 0 Å². The molecule has 0 radical (unpaired) electrons. The lowest BCUT2D eigenvalue weighted by molar-refractivity contribution is 0.158. The Morgan fingerprint density at radius 3 is 2.57 bits per heavy atom. The third kappa shape index (κ3) is 2.55. The van der Waals surface area contributed by atoms with Crippen LogP contribution in [0.5, 0.6) is 0 Å². The Hall–Kier alpha value is -0.890. The van der Waals surface area contributed by atoms with E-state index in [1.54, 1.807) is 19.1 Å². The minimum atomic E-state index is -0.255. The first-order chi connectivity index (χ1) is 6.46. The van der Waals surface area contributed by atoms with Gasteiger partial charge in [0.1, 0.15) is 5.82 Å². The lowest BCUT2D eigenvalue weighted by atomic mass is 9.86. The van der Waals surface area contributed by atoms with Gasteiger partial charge in [-0.1, -0.05) is 32.0 Å². The number of aliphatic hydroxyl groups excluding tert-OH is 1. The van der Waals surface area contributed by atoms with Crippen LogP contribution in [0.3, 0.4) is 0 Å². The average molecular weight is 196 g/mol. The molecule has 1 aromatic rings. The summed E-state index contributed by atoms with van der Waals surface area (Å²) in [4.78, 5) is 0. The maximum atomic E-state index is 13.6. The Kier molecular flexibility index (Phi) is 3.27. The van der Waals surface area contributed by atoms with Crippen molar-refractivity contribution < 1.29 is 9.50 Å². The van der Waals surface area contributed by atoms with Crippen LogP contribution in [-0.4, -0.2) is 11.7 Å². The maximum Gasteiger partial charge on any atom is 0.129 e. The smallest absolute Gasteiger partial charge is 0.129 e. The maximum absolute atomic E-state index is 13.6. The Balaban J connectivity index is 2.92. The molecule has 0 atom stereocenters. The molecule has 1 rings (SSSR count). The standard InChI is InChI=1S/C12H17FO/c1-9-5-4-6-10(11(9)13)7-12(2,3)8-14/h4-6,14H,7-8H2,1-3H3. The van der Waals surface area contributed by atoms with Crippen molar-refractivity contribution in [3.63, 3.8) is 0 Å². The topological polar surface area (TPSA) is 20.2 Å². The van der Waals surface area contributed by atoms with Crippen LogP contribution in [0.15, 0.2) is 18.2 Å². The first-order valence-corrected chi connectivity index (χ1v) is 4.81. The van der Waals surface area contributed by atoms with Crippen LogP contribution in [0.2, 0.25) is 0 Å². The molecule has 78 valence electrons. The van der Waals surface area contributed by atoms with Crippen molar-refractivity contribution in [3.05, 3.63) is 35.1 Å². The fourth-order valence-corrected chi connectivity index (χ4v) is 1.42. The number of hydrogen-bond donors (Lipinski definition) is 1. The monoisotopic (exact) mass is 196 g/mol. The Labute approximate surface area is 84.6 Å². The van der Waals surface area contributed by atoms with Gasteiger partial charge in [0.2, 0.25) is 0 Å². The van der Waals surface area contributed by atoms with Crippen molar-refractivity contribution in [2.75, 3.05) is 6.61 Å². The van der Waals surface area contributed by atoms with E-state index in [1.807, 2.05) is 19.9 Å². The van der Waals surface area contributed by atoms with Crippen LogP contribution < -0.4 is 0 Å². The van der Waals surface area contributed by atoms with Gasteiger partial charge in [-0.3, -0.25) is 0 Å². The van der Waals surface area contributed by atoms with Crippen LogP contribution in [-0.2, 0) is 6.42 Å². The molecule has 0 unspecified atom stereocenters. The predicted molar refractivity (Wildman–Crippen MR) is 55.7 cm³/mol. The molecule has 1 N–H and O–H groups in total. The molecule has 2 heteroatoms. The van der Waals surface area contributed by atoms with Gasteiger partial charge in [0.05, 0.1) is 0 Å². The Bertz CT molecular complexity index is 318. The van der Waals surface area contributed by atoms with Crippen LogP contribution in [0, 0.1) is 18.2 Å². The fourth-order valence-electron chi connectivity index (χ4n) is 1.42. The lowest BCUT2D eigenvalue weighted by Crippen LogP contribution is -2.20. The highest BCUT2D eigenvalue weighted by Crippen LogP contribution is 2.23. The molecule has 0 aliphatic rings. The highest BCUT2D eigenvalue weighted by atomic mass is 19.1. The molecule has 0 heterocycles. The quantitative estimate of drug-likeness (QED) is 0.788. The summed E-state index contributed by atoms with van der Waals surface area (Å²) in [7, 11) is 0. The second-order valence-electron chi connectivity index (χ2n) is 4.55. The molecule has 1 aromatic carbocycles. The normalized spacial score (nSPS) is 11.8. The summed E-state index contributed by atoms with van der Waals surface area (Å²) in [6, 6.07) is 5.38. The zero-order valence-corrected chi connectivity index (χ0v) is 8.97. The number of halogens is 1. The van der Waals surface area contributed by atoms with E-state index in [0.717, 1.165) is 0 Å². The number of benzene rings is 1.